The Kier molecular flexibility index (Phi) is 4.55. The topological polar surface area (TPSA) is 9.23 Å². The van der Waals surface area contributed by atoms with E-state index in [9.17, 15) is 0 Å². The molecule has 0 aliphatic rings. The molecule has 0 fully saturated rings. The fourth-order valence-corrected chi connectivity index (χ4v) is 3.02. The van der Waals surface area contributed by atoms with Gasteiger partial charge in [0.25, 0.3) is 0 Å². The third-order valence-electron chi connectivity index (χ3n) is 2.62. The first-order chi connectivity index (χ1) is 8.61. The molecular formula is C14H11BrCl2O. The van der Waals surface area contributed by atoms with Crippen LogP contribution in [0.15, 0.2) is 42.5 Å². The van der Waals surface area contributed by atoms with Gasteiger partial charge in [0.05, 0.1) is 11.9 Å². The Balaban J connectivity index is 2.37. The molecule has 0 N–H and O–H groups in total. The van der Waals surface area contributed by atoms with Crippen molar-refractivity contribution in [1.82, 2.24) is 0 Å². The summed E-state index contributed by atoms with van der Waals surface area (Å²) in [5.74, 6) is 0.821. The van der Waals surface area contributed by atoms with Crippen LogP contribution in [0.25, 0.3) is 0 Å². The number of rotatable bonds is 3. The smallest absolute Gasteiger partial charge is 0.119 e. The first-order valence-electron chi connectivity index (χ1n) is 5.35. The second-order valence-electron chi connectivity index (χ2n) is 3.81. The lowest BCUT2D eigenvalue weighted by Gasteiger charge is -2.13. The predicted octanol–water partition coefficient (Wildman–Crippen LogP) is 5.49. The number of hydrogen-bond donors (Lipinski definition) is 0. The molecule has 1 nitrogen and oxygen atoms in total. The van der Waals surface area contributed by atoms with Gasteiger partial charge in [0.1, 0.15) is 5.75 Å². The van der Waals surface area contributed by atoms with Gasteiger partial charge in [0.2, 0.25) is 0 Å². The van der Waals surface area contributed by atoms with E-state index in [0.29, 0.717) is 10.0 Å². The van der Waals surface area contributed by atoms with Gasteiger partial charge in [0.15, 0.2) is 0 Å². The number of hydrogen-bond acceptors (Lipinski definition) is 1. The maximum absolute atomic E-state index is 6.20. The lowest BCUT2D eigenvalue weighted by atomic mass is 10.0. The van der Waals surface area contributed by atoms with Crippen LogP contribution in [-0.2, 0) is 0 Å². The van der Waals surface area contributed by atoms with Crippen LogP contribution in [0.5, 0.6) is 5.75 Å². The van der Waals surface area contributed by atoms with E-state index < -0.39 is 0 Å². The van der Waals surface area contributed by atoms with Gasteiger partial charge in [-0.2, -0.15) is 0 Å². The first-order valence-corrected chi connectivity index (χ1v) is 7.02. The van der Waals surface area contributed by atoms with Gasteiger partial charge in [-0.1, -0.05) is 57.3 Å². The average Bonchev–Trinajstić information content (AvgIpc) is 2.38. The van der Waals surface area contributed by atoms with Crippen LogP contribution in [0.2, 0.25) is 10.0 Å². The molecule has 1 atom stereocenters. The molecule has 0 heterocycles. The van der Waals surface area contributed by atoms with E-state index in [1.165, 1.54) is 0 Å². The normalized spacial score (nSPS) is 12.2. The molecule has 4 heteroatoms. The SMILES string of the molecule is COc1cccc(C(Br)c2ccc(Cl)cc2Cl)c1. The monoisotopic (exact) mass is 344 g/mol. The van der Waals surface area contributed by atoms with Crippen molar-refractivity contribution < 1.29 is 4.74 Å². The van der Waals surface area contributed by atoms with E-state index in [1.54, 1.807) is 13.2 Å². The minimum Gasteiger partial charge on any atom is -0.497 e. The number of halogens is 3. The third kappa shape index (κ3) is 3.00. The molecule has 2 aromatic rings. The first kappa shape index (κ1) is 13.7. The molecule has 2 rings (SSSR count). The number of methoxy groups -OCH3 is 1. The van der Waals surface area contributed by atoms with Crippen molar-refractivity contribution in [1.29, 1.82) is 0 Å². The Bertz CT molecular complexity index is 557. The number of benzene rings is 2. The highest BCUT2D eigenvalue weighted by molar-refractivity contribution is 9.09. The average molecular weight is 346 g/mol. The van der Waals surface area contributed by atoms with Gasteiger partial charge >= 0.3 is 0 Å². The van der Waals surface area contributed by atoms with Gasteiger partial charge in [-0.25, -0.2) is 0 Å². The van der Waals surface area contributed by atoms with Crippen LogP contribution in [0.1, 0.15) is 16.0 Å². The molecule has 0 saturated carbocycles. The predicted molar refractivity (Wildman–Crippen MR) is 80.2 cm³/mol. The van der Waals surface area contributed by atoms with Gasteiger partial charge in [-0.3, -0.25) is 0 Å². The molecule has 0 aliphatic carbocycles. The number of alkyl halides is 1. The summed E-state index contributed by atoms with van der Waals surface area (Å²) >= 11 is 15.7. The minimum atomic E-state index is 0.0115. The lowest BCUT2D eigenvalue weighted by Crippen LogP contribution is -1.94. The van der Waals surface area contributed by atoms with Crippen LogP contribution in [0.4, 0.5) is 0 Å². The molecule has 0 spiro atoms. The summed E-state index contributed by atoms with van der Waals surface area (Å²) in [5.41, 5.74) is 2.06. The summed E-state index contributed by atoms with van der Waals surface area (Å²) in [5, 5.41) is 1.28. The van der Waals surface area contributed by atoms with Crippen LogP contribution in [0.3, 0.4) is 0 Å². The van der Waals surface area contributed by atoms with Crippen molar-refractivity contribution in [2.45, 2.75) is 4.83 Å². The molecule has 0 bridgehead atoms. The highest BCUT2D eigenvalue weighted by Gasteiger charge is 2.14. The van der Waals surface area contributed by atoms with Gasteiger partial charge in [-0.15, -0.1) is 0 Å². The highest BCUT2D eigenvalue weighted by Crippen LogP contribution is 2.37. The van der Waals surface area contributed by atoms with Crippen molar-refractivity contribution in [2.24, 2.45) is 0 Å². The van der Waals surface area contributed by atoms with Gasteiger partial charge < -0.3 is 4.74 Å². The van der Waals surface area contributed by atoms with E-state index in [1.807, 2.05) is 36.4 Å². The van der Waals surface area contributed by atoms with Crippen molar-refractivity contribution in [3.05, 3.63) is 63.6 Å². The summed E-state index contributed by atoms with van der Waals surface area (Å²) in [6.45, 7) is 0. The molecule has 0 amide bonds. The largest absolute Gasteiger partial charge is 0.497 e. The van der Waals surface area contributed by atoms with Crippen LogP contribution >= 0.6 is 39.1 Å². The van der Waals surface area contributed by atoms with Gasteiger partial charge in [0, 0.05) is 10.0 Å². The Hall–Kier alpha value is -0.700. The molecule has 2 aromatic carbocycles. The van der Waals surface area contributed by atoms with E-state index in [-0.39, 0.29) is 4.83 Å². The molecule has 0 saturated heterocycles. The van der Waals surface area contributed by atoms with E-state index in [0.717, 1.165) is 16.9 Å². The third-order valence-corrected chi connectivity index (χ3v) is 4.21. The molecule has 0 radical (unpaired) electrons. The van der Waals surface area contributed by atoms with Crippen molar-refractivity contribution in [3.8, 4) is 5.75 Å². The second kappa shape index (κ2) is 5.96. The quantitative estimate of drug-likeness (QED) is 0.668. The molecule has 1 unspecified atom stereocenters. The van der Waals surface area contributed by atoms with Gasteiger partial charge in [-0.05, 0) is 35.4 Å². The van der Waals surface area contributed by atoms with E-state index in [2.05, 4.69) is 15.9 Å². The molecule has 94 valence electrons. The fourth-order valence-electron chi connectivity index (χ4n) is 1.69. The molecular weight excluding hydrogens is 335 g/mol. The molecule has 0 aromatic heterocycles. The Labute approximate surface area is 125 Å². The summed E-state index contributed by atoms with van der Waals surface area (Å²) in [7, 11) is 1.65. The van der Waals surface area contributed by atoms with Crippen molar-refractivity contribution in [2.75, 3.05) is 7.11 Å². The number of ether oxygens (including phenoxy) is 1. The summed E-state index contributed by atoms with van der Waals surface area (Å²) in [6.07, 6.45) is 0. The van der Waals surface area contributed by atoms with E-state index in [4.69, 9.17) is 27.9 Å². The second-order valence-corrected chi connectivity index (χ2v) is 5.56. The Morgan fingerprint density at radius 1 is 1.11 bits per heavy atom. The molecule has 18 heavy (non-hydrogen) atoms. The minimum absolute atomic E-state index is 0.0115. The standard InChI is InChI=1S/C14H11BrCl2O/c1-18-11-4-2-3-9(7-11)14(15)12-6-5-10(16)8-13(12)17/h2-8,14H,1H3. The zero-order chi connectivity index (χ0) is 13.1. The lowest BCUT2D eigenvalue weighted by molar-refractivity contribution is 0.414. The summed E-state index contributed by atoms with van der Waals surface area (Å²) < 4.78 is 5.22. The van der Waals surface area contributed by atoms with Crippen LogP contribution in [0, 0.1) is 0 Å². The van der Waals surface area contributed by atoms with Crippen molar-refractivity contribution >= 4 is 39.1 Å². The molecule has 0 aliphatic heterocycles. The van der Waals surface area contributed by atoms with Crippen LogP contribution in [-0.4, -0.2) is 7.11 Å². The summed E-state index contributed by atoms with van der Waals surface area (Å²) in [6, 6.07) is 13.4. The van der Waals surface area contributed by atoms with Crippen LogP contribution < -0.4 is 4.74 Å². The fraction of sp³-hybridized carbons (Fsp3) is 0.143. The highest BCUT2D eigenvalue weighted by atomic mass is 79.9. The maximum atomic E-state index is 6.20. The Morgan fingerprint density at radius 3 is 2.56 bits per heavy atom. The summed E-state index contributed by atoms with van der Waals surface area (Å²) in [4.78, 5) is 0.0115. The van der Waals surface area contributed by atoms with E-state index >= 15 is 0 Å². The van der Waals surface area contributed by atoms with Crippen molar-refractivity contribution in [3.63, 3.8) is 0 Å². The Morgan fingerprint density at radius 2 is 1.89 bits per heavy atom. The maximum Gasteiger partial charge on any atom is 0.119 e. The zero-order valence-corrected chi connectivity index (χ0v) is 12.8. The zero-order valence-electron chi connectivity index (χ0n) is 9.66.